The minimum atomic E-state index is 0.0942. The Balaban J connectivity index is 1.92. The number of nitrogens with two attached hydrogens (primary N) is 1. The van der Waals surface area contributed by atoms with Gasteiger partial charge in [0.15, 0.2) is 11.5 Å². The SMILES string of the molecule is COc1ccc(C(N)CCC2CCCCC2)cc1OC. The summed E-state index contributed by atoms with van der Waals surface area (Å²) >= 11 is 0. The van der Waals surface area contributed by atoms with Crippen LogP contribution in [-0.4, -0.2) is 14.2 Å². The Morgan fingerprint density at radius 3 is 2.45 bits per heavy atom. The number of hydrogen-bond donors (Lipinski definition) is 1. The average Bonchev–Trinajstić information content (AvgIpc) is 2.52. The highest BCUT2D eigenvalue weighted by Gasteiger charge is 2.16. The predicted molar refractivity (Wildman–Crippen MR) is 82.3 cm³/mol. The fourth-order valence-corrected chi connectivity index (χ4v) is 3.14. The Labute approximate surface area is 122 Å². The van der Waals surface area contributed by atoms with E-state index in [4.69, 9.17) is 15.2 Å². The molecule has 0 aromatic heterocycles. The first-order chi connectivity index (χ1) is 9.74. The molecule has 0 spiro atoms. The zero-order valence-corrected chi connectivity index (χ0v) is 12.7. The largest absolute Gasteiger partial charge is 0.493 e. The molecule has 2 N–H and O–H groups in total. The summed E-state index contributed by atoms with van der Waals surface area (Å²) in [6.45, 7) is 0. The van der Waals surface area contributed by atoms with Crippen LogP contribution in [0.4, 0.5) is 0 Å². The van der Waals surface area contributed by atoms with Gasteiger partial charge in [-0.2, -0.15) is 0 Å². The minimum Gasteiger partial charge on any atom is -0.493 e. The van der Waals surface area contributed by atoms with Gasteiger partial charge >= 0.3 is 0 Å². The standard InChI is InChI=1S/C17H27NO2/c1-19-16-11-9-14(12-17(16)20-2)15(18)10-8-13-6-4-3-5-7-13/h9,11-13,15H,3-8,10,18H2,1-2H3. The van der Waals surface area contributed by atoms with Gasteiger partial charge in [0.1, 0.15) is 0 Å². The van der Waals surface area contributed by atoms with Crippen LogP contribution in [0.1, 0.15) is 56.6 Å². The lowest BCUT2D eigenvalue weighted by molar-refractivity contribution is 0.323. The van der Waals surface area contributed by atoms with E-state index in [0.29, 0.717) is 0 Å². The molecule has 1 aromatic carbocycles. The lowest BCUT2D eigenvalue weighted by atomic mass is 9.84. The maximum Gasteiger partial charge on any atom is 0.161 e. The molecular formula is C17H27NO2. The Morgan fingerprint density at radius 1 is 1.10 bits per heavy atom. The van der Waals surface area contributed by atoms with Crippen LogP contribution in [0, 0.1) is 5.92 Å². The molecule has 0 aliphatic heterocycles. The Bertz CT molecular complexity index is 413. The highest BCUT2D eigenvalue weighted by Crippen LogP contribution is 2.33. The van der Waals surface area contributed by atoms with Crippen LogP contribution in [0.5, 0.6) is 11.5 Å². The van der Waals surface area contributed by atoms with Gasteiger partial charge in [-0.3, -0.25) is 0 Å². The molecule has 1 unspecified atom stereocenters. The second-order valence-corrected chi connectivity index (χ2v) is 5.80. The van der Waals surface area contributed by atoms with Crippen molar-refractivity contribution in [3.63, 3.8) is 0 Å². The molecule has 0 saturated heterocycles. The topological polar surface area (TPSA) is 44.5 Å². The third kappa shape index (κ3) is 3.89. The van der Waals surface area contributed by atoms with E-state index in [1.165, 1.54) is 38.5 Å². The third-order valence-electron chi connectivity index (χ3n) is 4.45. The molecule has 0 amide bonds. The minimum absolute atomic E-state index is 0.0942. The summed E-state index contributed by atoms with van der Waals surface area (Å²) in [5, 5.41) is 0. The molecule has 0 radical (unpaired) electrons. The first-order valence-corrected chi connectivity index (χ1v) is 7.72. The maximum atomic E-state index is 6.33. The molecule has 1 aromatic rings. The third-order valence-corrected chi connectivity index (χ3v) is 4.45. The molecule has 0 heterocycles. The second-order valence-electron chi connectivity index (χ2n) is 5.80. The molecule has 3 nitrogen and oxygen atoms in total. The molecule has 1 aliphatic rings. The average molecular weight is 277 g/mol. The van der Waals surface area contributed by atoms with Crippen molar-refractivity contribution < 1.29 is 9.47 Å². The van der Waals surface area contributed by atoms with Crippen LogP contribution in [-0.2, 0) is 0 Å². The Hall–Kier alpha value is -1.22. The summed E-state index contributed by atoms with van der Waals surface area (Å²) in [4.78, 5) is 0. The van der Waals surface area contributed by atoms with E-state index in [9.17, 15) is 0 Å². The number of rotatable bonds is 6. The van der Waals surface area contributed by atoms with Gasteiger partial charge in [0.05, 0.1) is 14.2 Å². The van der Waals surface area contributed by atoms with E-state index in [1.54, 1.807) is 14.2 Å². The first kappa shape index (κ1) is 15.2. The van der Waals surface area contributed by atoms with E-state index in [0.717, 1.165) is 29.4 Å². The van der Waals surface area contributed by atoms with Gasteiger partial charge < -0.3 is 15.2 Å². The van der Waals surface area contributed by atoms with E-state index in [1.807, 2.05) is 18.2 Å². The van der Waals surface area contributed by atoms with Crippen LogP contribution < -0.4 is 15.2 Å². The molecule has 1 saturated carbocycles. The monoisotopic (exact) mass is 277 g/mol. The van der Waals surface area contributed by atoms with Crippen molar-refractivity contribution in [1.82, 2.24) is 0 Å². The van der Waals surface area contributed by atoms with Gasteiger partial charge in [0.25, 0.3) is 0 Å². The van der Waals surface area contributed by atoms with Crippen molar-refractivity contribution in [1.29, 1.82) is 0 Å². The molecule has 112 valence electrons. The quantitative estimate of drug-likeness (QED) is 0.852. The molecule has 3 heteroatoms. The van der Waals surface area contributed by atoms with Crippen molar-refractivity contribution in [3.05, 3.63) is 23.8 Å². The zero-order chi connectivity index (χ0) is 14.4. The van der Waals surface area contributed by atoms with Gasteiger partial charge in [0, 0.05) is 6.04 Å². The van der Waals surface area contributed by atoms with Gasteiger partial charge in [-0.1, -0.05) is 38.2 Å². The summed E-state index contributed by atoms with van der Waals surface area (Å²) < 4.78 is 10.6. The number of methoxy groups -OCH3 is 2. The summed E-state index contributed by atoms with van der Waals surface area (Å²) in [6.07, 6.45) is 9.29. The Kier molecular flexibility index (Phi) is 5.72. The highest BCUT2D eigenvalue weighted by molar-refractivity contribution is 5.43. The van der Waals surface area contributed by atoms with Crippen LogP contribution >= 0.6 is 0 Å². The highest BCUT2D eigenvalue weighted by atomic mass is 16.5. The number of benzene rings is 1. The molecule has 2 rings (SSSR count). The Morgan fingerprint density at radius 2 is 1.80 bits per heavy atom. The molecule has 1 aliphatic carbocycles. The molecule has 0 bridgehead atoms. The van der Waals surface area contributed by atoms with Gasteiger partial charge in [-0.05, 0) is 36.5 Å². The van der Waals surface area contributed by atoms with Crippen molar-refractivity contribution in [2.24, 2.45) is 11.7 Å². The molecule has 1 atom stereocenters. The molecule has 1 fully saturated rings. The van der Waals surface area contributed by atoms with Crippen LogP contribution in [0.25, 0.3) is 0 Å². The van der Waals surface area contributed by atoms with Gasteiger partial charge in [-0.25, -0.2) is 0 Å². The van der Waals surface area contributed by atoms with E-state index >= 15 is 0 Å². The summed E-state index contributed by atoms with van der Waals surface area (Å²) in [5.74, 6) is 2.41. The zero-order valence-electron chi connectivity index (χ0n) is 12.7. The number of hydrogen-bond acceptors (Lipinski definition) is 3. The van der Waals surface area contributed by atoms with Crippen molar-refractivity contribution in [3.8, 4) is 11.5 Å². The number of ether oxygens (including phenoxy) is 2. The normalized spacial score (nSPS) is 17.8. The first-order valence-electron chi connectivity index (χ1n) is 7.72. The van der Waals surface area contributed by atoms with Crippen molar-refractivity contribution >= 4 is 0 Å². The van der Waals surface area contributed by atoms with E-state index in [2.05, 4.69) is 0 Å². The van der Waals surface area contributed by atoms with E-state index in [-0.39, 0.29) is 6.04 Å². The van der Waals surface area contributed by atoms with Crippen LogP contribution in [0.15, 0.2) is 18.2 Å². The van der Waals surface area contributed by atoms with Crippen molar-refractivity contribution in [2.45, 2.75) is 51.0 Å². The van der Waals surface area contributed by atoms with Crippen LogP contribution in [0.3, 0.4) is 0 Å². The van der Waals surface area contributed by atoms with Crippen LogP contribution in [0.2, 0.25) is 0 Å². The lowest BCUT2D eigenvalue weighted by Gasteiger charge is -2.23. The van der Waals surface area contributed by atoms with Gasteiger partial charge in [-0.15, -0.1) is 0 Å². The molecule has 20 heavy (non-hydrogen) atoms. The van der Waals surface area contributed by atoms with E-state index < -0.39 is 0 Å². The van der Waals surface area contributed by atoms with Crippen molar-refractivity contribution in [2.75, 3.05) is 14.2 Å². The fraction of sp³-hybridized carbons (Fsp3) is 0.647. The second kappa shape index (κ2) is 7.53. The summed E-state index contributed by atoms with van der Waals surface area (Å²) in [7, 11) is 3.32. The summed E-state index contributed by atoms with van der Waals surface area (Å²) in [5.41, 5.74) is 7.47. The predicted octanol–water partition coefficient (Wildman–Crippen LogP) is 4.06. The summed E-state index contributed by atoms with van der Waals surface area (Å²) in [6, 6.07) is 6.09. The lowest BCUT2D eigenvalue weighted by Crippen LogP contribution is -2.14. The van der Waals surface area contributed by atoms with Gasteiger partial charge in [0.2, 0.25) is 0 Å². The fourth-order valence-electron chi connectivity index (χ4n) is 3.14. The molecular weight excluding hydrogens is 250 g/mol. The maximum absolute atomic E-state index is 6.33. The smallest absolute Gasteiger partial charge is 0.161 e.